The maximum atomic E-state index is 12.6. The lowest BCUT2D eigenvalue weighted by Gasteiger charge is -2.22. The summed E-state index contributed by atoms with van der Waals surface area (Å²) in [5.41, 5.74) is 1.51. The molecule has 0 bridgehead atoms. The molecule has 7 nitrogen and oxygen atoms in total. The first-order valence-corrected chi connectivity index (χ1v) is 9.47. The summed E-state index contributed by atoms with van der Waals surface area (Å²) >= 11 is 0. The van der Waals surface area contributed by atoms with E-state index in [1.54, 1.807) is 12.0 Å². The maximum Gasteiger partial charge on any atom is 0.274 e. The number of hydrogen-bond acceptors (Lipinski definition) is 5. The van der Waals surface area contributed by atoms with E-state index in [1.165, 1.54) is 24.2 Å². The van der Waals surface area contributed by atoms with Gasteiger partial charge in [0.2, 0.25) is 5.91 Å². The summed E-state index contributed by atoms with van der Waals surface area (Å²) < 4.78 is 5.07. The number of ether oxygens (including phenoxy) is 1. The smallest absolute Gasteiger partial charge is 0.274 e. The van der Waals surface area contributed by atoms with Crippen LogP contribution < -0.4 is 5.32 Å². The van der Waals surface area contributed by atoms with Crippen molar-refractivity contribution in [1.29, 1.82) is 0 Å². The van der Waals surface area contributed by atoms with Crippen molar-refractivity contribution < 1.29 is 14.3 Å². The second-order valence-electron chi connectivity index (χ2n) is 6.62. The van der Waals surface area contributed by atoms with Gasteiger partial charge in [0.1, 0.15) is 5.69 Å². The summed E-state index contributed by atoms with van der Waals surface area (Å²) in [6.07, 6.45) is 6.41. The van der Waals surface area contributed by atoms with Gasteiger partial charge >= 0.3 is 0 Å². The molecule has 1 N–H and O–H groups in total. The van der Waals surface area contributed by atoms with Crippen molar-refractivity contribution in [2.24, 2.45) is 0 Å². The van der Waals surface area contributed by atoms with Gasteiger partial charge in [0, 0.05) is 45.1 Å². The molecule has 2 rings (SSSR count). The minimum Gasteiger partial charge on any atom is -0.383 e. The number of aryl methyl sites for hydroxylation is 1. The van der Waals surface area contributed by atoms with Gasteiger partial charge in [-0.15, -0.1) is 0 Å². The molecule has 0 fully saturated rings. The van der Waals surface area contributed by atoms with Crippen LogP contribution in [0.2, 0.25) is 0 Å². The summed E-state index contributed by atoms with van der Waals surface area (Å²) in [7, 11) is 1.58. The highest BCUT2D eigenvalue weighted by Crippen LogP contribution is 2.06. The molecule has 150 valence electrons. The first-order chi connectivity index (χ1) is 13.6. The van der Waals surface area contributed by atoms with Gasteiger partial charge in [-0.2, -0.15) is 0 Å². The van der Waals surface area contributed by atoms with Gasteiger partial charge < -0.3 is 15.0 Å². The number of nitrogens with one attached hydrogen (secondary N) is 1. The lowest BCUT2D eigenvalue weighted by Crippen LogP contribution is -2.39. The quantitative estimate of drug-likeness (QED) is 0.641. The Morgan fingerprint density at radius 3 is 2.64 bits per heavy atom. The predicted octanol–water partition coefficient (Wildman–Crippen LogP) is 2.09. The average molecular weight is 384 g/mol. The fourth-order valence-corrected chi connectivity index (χ4v) is 2.77. The number of benzene rings is 1. The van der Waals surface area contributed by atoms with Gasteiger partial charge in [-0.1, -0.05) is 30.3 Å². The van der Waals surface area contributed by atoms with Gasteiger partial charge in [0.25, 0.3) is 5.91 Å². The number of carbonyl (C=O) groups is 2. The monoisotopic (exact) mass is 384 g/mol. The van der Waals surface area contributed by atoms with Crippen molar-refractivity contribution >= 4 is 11.8 Å². The Morgan fingerprint density at radius 1 is 1.18 bits per heavy atom. The van der Waals surface area contributed by atoms with E-state index < -0.39 is 0 Å². The zero-order valence-corrected chi connectivity index (χ0v) is 16.5. The SMILES string of the molecule is COCCN(CCC(=O)N[C@H](C)CCc1ccccc1)C(=O)c1cnccn1. The van der Waals surface area contributed by atoms with Crippen LogP contribution in [0.5, 0.6) is 0 Å². The van der Waals surface area contributed by atoms with E-state index in [4.69, 9.17) is 4.74 Å². The molecule has 1 aromatic carbocycles. The van der Waals surface area contributed by atoms with Crippen molar-refractivity contribution in [3.8, 4) is 0 Å². The van der Waals surface area contributed by atoms with E-state index >= 15 is 0 Å². The molecule has 1 atom stereocenters. The molecule has 7 heteroatoms. The summed E-state index contributed by atoms with van der Waals surface area (Å²) in [4.78, 5) is 34.4. The second-order valence-corrected chi connectivity index (χ2v) is 6.62. The minimum atomic E-state index is -0.255. The molecule has 0 unspecified atom stereocenters. The van der Waals surface area contributed by atoms with Crippen LogP contribution >= 0.6 is 0 Å². The normalized spacial score (nSPS) is 11.6. The zero-order valence-electron chi connectivity index (χ0n) is 16.5. The lowest BCUT2D eigenvalue weighted by molar-refractivity contribution is -0.121. The van der Waals surface area contributed by atoms with E-state index in [1.807, 2.05) is 25.1 Å². The third kappa shape index (κ3) is 7.44. The molecule has 0 saturated heterocycles. The number of hydrogen-bond donors (Lipinski definition) is 1. The molecule has 0 radical (unpaired) electrons. The number of amides is 2. The van der Waals surface area contributed by atoms with E-state index in [2.05, 4.69) is 27.4 Å². The van der Waals surface area contributed by atoms with Crippen LogP contribution in [0.4, 0.5) is 0 Å². The minimum absolute atomic E-state index is 0.0656. The second kappa shape index (κ2) is 11.8. The van der Waals surface area contributed by atoms with Crippen molar-refractivity contribution in [3.63, 3.8) is 0 Å². The number of carbonyl (C=O) groups excluding carboxylic acids is 2. The average Bonchev–Trinajstić information content (AvgIpc) is 2.73. The third-order valence-corrected chi connectivity index (χ3v) is 4.36. The molecule has 0 aliphatic heterocycles. The van der Waals surface area contributed by atoms with Gasteiger partial charge in [-0.05, 0) is 25.3 Å². The molecule has 28 heavy (non-hydrogen) atoms. The molecule has 0 spiro atoms. The molecule has 0 aliphatic carbocycles. The molecule has 0 saturated carbocycles. The van der Waals surface area contributed by atoms with Crippen LogP contribution in [0.1, 0.15) is 35.8 Å². The Hall–Kier alpha value is -2.80. The van der Waals surface area contributed by atoms with E-state index in [0.29, 0.717) is 19.7 Å². The summed E-state index contributed by atoms with van der Waals surface area (Å²) in [6.45, 7) is 3.08. The number of rotatable bonds is 11. The molecule has 1 aromatic heterocycles. The fraction of sp³-hybridized carbons (Fsp3) is 0.429. The Morgan fingerprint density at radius 2 is 1.96 bits per heavy atom. The number of nitrogens with zero attached hydrogens (tertiary/aromatic N) is 3. The highest BCUT2D eigenvalue weighted by Gasteiger charge is 2.18. The van der Waals surface area contributed by atoms with E-state index in [9.17, 15) is 9.59 Å². The molecule has 1 heterocycles. The Balaban J connectivity index is 1.80. The van der Waals surface area contributed by atoms with E-state index in [0.717, 1.165) is 12.8 Å². The van der Waals surface area contributed by atoms with Crippen LogP contribution in [0.3, 0.4) is 0 Å². The Kier molecular flexibility index (Phi) is 9.07. The predicted molar refractivity (Wildman–Crippen MR) is 107 cm³/mol. The molecular weight excluding hydrogens is 356 g/mol. The number of methoxy groups -OCH3 is 1. The van der Waals surface area contributed by atoms with Gasteiger partial charge in [-0.3, -0.25) is 14.6 Å². The first kappa shape index (κ1) is 21.5. The Bertz CT molecular complexity index is 725. The van der Waals surface area contributed by atoms with E-state index in [-0.39, 0.29) is 30.0 Å². The number of aromatic nitrogens is 2. The largest absolute Gasteiger partial charge is 0.383 e. The summed E-state index contributed by atoms with van der Waals surface area (Å²) in [5.74, 6) is -0.329. The van der Waals surface area contributed by atoms with Crippen molar-refractivity contribution in [2.75, 3.05) is 26.8 Å². The summed E-state index contributed by atoms with van der Waals surface area (Å²) in [6, 6.07) is 10.3. The molecule has 2 amide bonds. The maximum absolute atomic E-state index is 12.6. The summed E-state index contributed by atoms with van der Waals surface area (Å²) in [5, 5.41) is 3.00. The van der Waals surface area contributed by atoms with Crippen LogP contribution in [-0.4, -0.2) is 59.5 Å². The van der Waals surface area contributed by atoms with Crippen molar-refractivity contribution in [1.82, 2.24) is 20.2 Å². The van der Waals surface area contributed by atoms with Gasteiger partial charge in [-0.25, -0.2) is 4.98 Å². The molecule has 2 aromatic rings. The van der Waals surface area contributed by atoms with Crippen molar-refractivity contribution in [2.45, 2.75) is 32.2 Å². The Labute approximate surface area is 166 Å². The fourth-order valence-electron chi connectivity index (χ4n) is 2.77. The van der Waals surface area contributed by atoms with Crippen LogP contribution in [-0.2, 0) is 16.0 Å². The van der Waals surface area contributed by atoms with Crippen LogP contribution in [0.25, 0.3) is 0 Å². The molecule has 0 aliphatic rings. The first-order valence-electron chi connectivity index (χ1n) is 9.47. The van der Waals surface area contributed by atoms with Gasteiger partial charge in [0.15, 0.2) is 0 Å². The zero-order chi connectivity index (χ0) is 20.2. The topological polar surface area (TPSA) is 84.4 Å². The third-order valence-electron chi connectivity index (χ3n) is 4.36. The van der Waals surface area contributed by atoms with Crippen molar-refractivity contribution in [3.05, 3.63) is 60.2 Å². The molecular formula is C21H28N4O3. The van der Waals surface area contributed by atoms with Gasteiger partial charge in [0.05, 0.1) is 12.8 Å². The van der Waals surface area contributed by atoms with Crippen LogP contribution in [0, 0.1) is 0 Å². The highest BCUT2D eigenvalue weighted by molar-refractivity contribution is 5.92. The lowest BCUT2D eigenvalue weighted by atomic mass is 10.1. The standard InChI is InChI=1S/C21H28N4O3/c1-17(8-9-18-6-4-3-5-7-18)24-20(26)10-13-25(14-15-28-2)21(27)19-16-22-11-12-23-19/h3-7,11-12,16-17H,8-10,13-15H2,1-2H3,(H,24,26)/t17-/m1/s1. The van der Waals surface area contributed by atoms with Crippen LogP contribution in [0.15, 0.2) is 48.9 Å². The highest BCUT2D eigenvalue weighted by atomic mass is 16.5.